The van der Waals surface area contributed by atoms with Crippen LogP contribution in [0.2, 0.25) is 0 Å². The van der Waals surface area contributed by atoms with Gasteiger partial charge in [-0.05, 0) is 71.6 Å². The Kier molecular flexibility index (Phi) is 9.35. The second kappa shape index (κ2) is 14.6. The first-order chi connectivity index (χ1) is 24.1. The van der Waals surface area contributed by atoms with E-state index >= 15 is 0 Å². The van der Waals surface area contributed by atoms with Crippen LogP contribution in [0.4, 0.5) is 17.1 Å². The molecule has 1 heterocycles. The predicted octanol–water partition coefficient (Wildman–Crippen LogP) is 12.4. The molecule has 8 aromatic rings. The Labute approximate surface area is 286 Å². The third kappa shape index (κ3) is 7.49. The van der Waals surface area contributed by atoms with Crippen LogP contribution in [0, 0.1) is 6.92 Å². The molecule has 0 spiro atoms. The minimum absolute atomic E-state index is 0.465. The lowest BCUT2D eigenvalue weighted by atomic mass is 9.97. The van der Waals surface area contributed by atoms with Gasteiger partial charge in [-0.2, -0.15) is 10.2 Å². The van der Waals surface area contributed by atoms with Crippen LogP contribution in [0.5, 0.6) is 0 Å². The van der Waals surface area contributed by atoms with Crippen LogP contribution in [0.1, 0.15) is 17.3 Å². The summed E-state index contributed by atoms with van der Waals surface area (Å²) in [6.07, 6.45) is -0.465. The molecular formula is C44H36N4O. The normalized spacial score (nSPS) is 11.7. The molecule has 0 amide bonds. The van der Waals surface area contributed by atoms with Gasteiger partial charge in [-0.15, -0.1) is 0 Å². The lowest BCUT2D eigenvalue weighted by molar-refractivity contribution is 0.669. The number of hydrogen-bond donors (Lipinski definition) is 2. The SMILES string of the molecule is Cc1cccc(-c2ccc(-c3ccccc3)c(Nc3ccccc3)c2)c1.NC(N=Nc1ccc2oc3ccccc3c2c1)c1ccccc1. The molecular weight excluding hydrogens is 601 g/mol. The van der Waals surface area contributed by atoms with Crippen molar-refractivity contribution >= 4 is 39.0 Å². The lowest BCUT2D eigenvalue weighted by Crippen LogP contribution is -2.05. The van der Waals surface area contributed by atoms with Crippen molar-refractivity contribution in [2.45, 2.75) is 13.1 Å². The highest BCUT2D eigenvalue weighted by Crippen LogP contribution is 2.35. The Morgan fingerprint density at radius 2 is 1.20 bits per heavy atom. The zero-order valence-corrected chi connectivity index (χ0v) is 27.2. The van der Waals surface area contributed by atoms with Crippen molar-refractivity contribution in [1.29, 1.82) is 0 Å². The second-order valence-corrected chi connectivity index (χ2v) is 11.8. The van der Waals surface area contributed by atoms with Gasteiger partial charge in [0.25, 0.3) is 0 Å². The number of nitrogens with zero attached hydrogens (tertiary/aromatic N) is 2. The number of benzene rings is 7. The van der Waals surface area contributed by atoms with E-state index in [-0.39, 0.29) is 0 Å². The third-order valence-electron chi connectivity index (χ3n) is 8.31. The summed E-state index contributed by atoms with van der Waals surface area (Å²) in [5.74, 6) is 0. The summed E-state index contributed by atoms with van der Waals surface area (Å²) in [7, 11) is 0. The molecule has 1 aromatic heterocycles. The fourth-order valence-electron chi connectivity index (χ4n) is 5.82. The molecule has 0 radical (unpaired) electrons. The van der Waals surface area contributed by atoms with E-state index in [1.165, 1.54) is 27.8 Å². The molecule has 7 aromatic carbocycles. The summed E-state index contributed by atoms with van der Waals surface area (Å²) in [4.78, 5) is 0. The van der Waals surface area contributed by atoms with Crippen molar-refractivity contribution in [3.05, 3.63) is 187 Å². The van der Waals surface area contributed by atoms with Gasteiger partial charge >= 0.3 is 0 Å². The molecule has 0 fully saturated rings. The summed E-state index contributed by atoms with van der Waals surface area (Å²) < 4.78 is 5.81. The standard InChI is InChI=1S/C25H21N.C19H15N3O/c1-19-9-8-12-21(17-19)22-15-16-24(20-10-4-2-5-11-20)25(18-22)26-23-13-6-3-7-14-23;20-19(13-6-2-1-3-7-13)22-21-14-10-11-18-16(12-14)15-8-4-5-9-17(15)23-18/h2-18,26H,1H3;1-12,19H,20H2. The van der Waals surface area contributed by atoms with Crippen molar-refractivity contribution in [1.82, 2.24) is 0 Å². The monoisotopic (exact) mass is 636 g/mol. The molecule has 0 bridgehead atoms. The van der Waals surface area contributed by atoms with Crippen molar-refractivity contribution < 1.29 is 4.42 Å². The van der Waals surface area contributed by atoms with Gasteiger partial charge in [0.2, 0.25) is 0 Å². The van der Waals surface area contributed by atoms with E-state index < -0.39 is 6.17 Å². The average molecular weight is 637 g/mol. The van der Waals surface area contributed by atoms with Crippen molar-refractivity contribution in [2.75, 3.05) is 5.32 Å². The molecule has 5 nitrogen and oxygen atoms in total. The van der Waals surface area contributed by atoms with E-state index in [1.807, 2.05) is 78.9 Å². The van der Waals surface area contributed by atoms with Crippen LogP contribution in [0.3, 0.4) is 0 Å². The minimum Gasteiger partial charge on any atom is -0.456 e. The molecule has 0 aliphatic heterocycles. The van der Waals surface area contributed by atoms with Gasteiger partial charge in [0.05, 0.1) is 5.69 Å². The highest BCUT2D eigenvalue weighted by molar-refractivity contribution is 6.05. The van der Waals surface area contributed by atoms with Crippen molar-refractivity contribution in [2.24, 2.45) is 16.0 Å². The van der Waals surface area contributed by atoms with E-state index in [2.05, 4.69) is 120 Å². The first kappa shape index (κ1) is 31.3. The molecule has 1 atom stereocenters. The first-order valence-electron chi connectivity index (χ1n) is 16.3. The maximum atomic E-state index is 6.05. The molecule has 3 N–H and O–H groups in total. The fraction of sp³-hybridized carbons (Fsp3) is 0.0455. The molecule has 0 saturated heterocycles. The first-order valence-corrected chi connectivity index (χ1v) is 16.3. The summed E-state index contributed by atoms with van der Waals surface area (Å²) in [6, 6.07) is 59.5. The highest BCUT2D eigenvalue weighted by atomic mass is 16.3. The minimum atomic E-state index is -0.465. The molecule has 5 heteroatoms. The van der Waals surface area contributed by atoms with Crippen LogP contribution < -0.4 is 11.1 Å². The highest BCUT2D eigenvalue weighted by Gasteiger charge is 2.10. The van der Waals surface area contributed by atoms with Gasteiger partial charge < -0.3 is 15.5 Å². The largest absolute Gasteiger partial charge is 0.456 e. The van der Waals surface area contributed by atoms with Crippen LogP contribution in [-0.2, 0) is 0 Å². The Morgan fingerprint density at radius 3 is 1.98 bits per heavy atom. The van der Waals surface area contributed by atoms with E-state index in [1.54, 1.807) is 0 Å². The Morgan fingerprint density at radius 1 is 0.551 bits per heavy atom. The zero-order chi connectivity index (χ0) is 33.4. The molecule has 1 unspecified atom stereocenters. The molecule has 238 valence electrons. The quantitative estimate of drug-likeness (QED) is 0.171. The number of para-hydroxylation sites is 2. The van der Waals surface area contributed by atoms with Gasteiger partial charge in [-0.1, -0.05) is 139 Å². The molecule has 0 saturated carbocycles. The van der Waals surface area contributed by atoms with Crippen LogP contribution in [0.15, 0.2) is 191 Å². The number of fused-ring (bicyclic) bond motifs is 3. The van der Waals surface area contributed by atoms with Gasteiger partial charge in [-0.3, -0.25) is 0 Å². The number of nitrogens with one attached hydrogen (secondary N) is 1. The van der Waals surface area contributed by atoms with Crippen LogP contribution in [-0.4, -0.2) is 0 Å². The Balaban J connectivity index is 0.000000155. The van der Waals surface area contributed by atoms with Crippen molar-refractivity contribution in [3.8, 4) is 22.3 Å². The summed E-state index contributed by atoms with van der Waals surface area (Å²) in [5.41, 5.74) is 17.8. The lowest BCUT2D eigenvalue weighted by Gasteiger charge is -2.15. The van der Waals surface area contributed by atoms with Crippen LogP contribution in [0.25, 0.3) is 44.2 Å². The number of azo groups is 1. The summed E-state index contributed by atoms with van der Waals surface area (Å²) in [6.45, 7) is 2.13. The number of nitrogens with two attached hydrogens (primary N) is 1. The Bertz CT molecular complexity index is 2330. The van der Waals surface area contributed by atoms with Gasteiger partial charge in [0, 0.05) is 27.7 Å². The van der Waals surface area contributed by atoms with Crippen LogP contribution >= 0.6 is 0 Å². The molecule has 49 heavy (non-hydrogen) atoms. The van der Waals surface area contributed by atoms with Gasteiger partial charge in [-0.25, -0.2) is 0 Å². The second-order valence-electron chi connectivity index (χ2n) is 11.8. The number of hydrogen-bond acceptors (Lipinski definition) is 5. The predicted molar refractivity (Wildman–Crippen MR) is 203 cm³/mol. The smallest absolute Gasteiger partial charge is 0.144 e. The van der Waals surface area contributed by atoms with E-state index in [4.69, 9.17) is 10.2 Å². The third-order valence-corrected chi connectivity index (χ3v) is 8.31. The number of rotatable bonds is 7. The van der Waals surface area contributed by atoms with Gasteiger partial charge in [0.1, 0.15) is 17.3 Å². The van der Waals surface area contributed by atoms with Crippen molar-refractivity contribution in [3.63, 3.8) is 0 Å². The summed E-state index contributed by atoms with van der Waals surface area (Å²) >= 11 is 0. The molecule has 8 rings (SSSR count). The maximum Gasteiger partial charge on any atom is 0.144 e. The Hall–Kier alpha value is -6.30. The molecule has 0 aliphatic carbocycles. The number of furan rings is 1. The average Bonchev–Trinajstić information content (AvgIpc) is 3.53. The van der Waals surface area contributed by atoms with E-state index in [9.17, 15) is 0 Å². The maximum absolute atomic E-state index is 6.05. The fourth-order valence-corrected chi connectivity index (χ4v) is 5.82. The topological polar surface area (TPSA) is 75.9 Å². The molecule has 0 aliphatic rings. The summed E-state index contributed by atoms with van der Waals surface area (Å²) in [5, 5.41) is 14.2. The zero-order valence-electron chi connectivity index (χ0n) is 27.2. The van der Waals surface area contributed by atoms with Gasteiger partial charge in [0.15, 0.2) is 0 Å². The van der Waals surface area contributed by atoms with E-state index in [0.717, 1.165) is 44.6 Å². The number of aryl methyl sites for hydroxylation is 1. The van der Waals surface area contributed by atoms with E-state index in [0.29, 0.717) is 0 Å². The number of anilines is 2.